The third kappa shape index (κ3) is 26.0. The van der Waals surface area contributed by atoms with E-state index in [1.807, 2.05) is 23.5 Å². The molecule has 0 aliphatic rings. The molecule has 0 unspecified atom stereocenters. The number of hydrogen-bond donors (Lipinski definition) is 2. The van der Waals surface area contributed by atoms with Crippen molar-refractivity contribution < 1.29 is 4.79 Å². The van der Waals surface area contributed by atoms with Crippen molar-refractivity contribution in [1.29, 1.82) is 0 Å². The van der Waals surface area contributed by atoms with E-state index in [9.17, 15) is 4.79 Å². The number of amides is 2. The molecule has 5 heteroatoms. The SMILES string of the molecule is CSCCCCCCCCCCCNC(=O)NCCCCCCCCCCCSC. The lowest BCUT2D eigenvalue weighted by molar-refractivity contribution is 0.240. The summed E-state index contributed by atoms with van der Waals surface area (Å²) in [4.78, 5) is 11.8. The lowest BCUT2D eigenvalue weighted by Crippen LogP contribution is -2.36. The topological polar surface area (TPSA) is 41.1 Å². The zero-order chi connectivity index (χ0) is 22.0. The summed E-state index contributed by atoms with van der Waals surface area (Å²) in [5.74, 6) is 2.64. The molecule has 30 heavy (non-hydrogen) atoms. The molecule has 0 saturated carbocycles. The number of nitrogens with one attached hydrogen (secondary N) is 2. The lowest BCUT2D eigenvalue weighted by atomic mass is 10.1. The maximum atomic E-state index is 11.8. The molecule has 2 amide bonds. The van der Waals surface area contributed by atoms with E-state index < -0.39 is 0 Å². The smallest absolute Gasteiger partial charge is 0.314 e. The second kappa shape index (κ2) is 27.0. The van der Waals surface area contributed by atoms with Crippen LogP contribution in [0.15, 0.2) is 0 Å². The summed E-state index contributed by atoms with van der Waals surface area (Å²) >= 11 is 3.92. The molecule has 0 bridgehead atoms. The summed E-state index contributed by atoms with van der Waals surface area (Å²) in [7, 11) is 0. The average molecular weight is 461 g/mol. The fourth-order valence-corrected chi connectivity index (χ4v) is 4.67. The molecule has 0 aromatic heterocycles. The number of hydrogen-bond acceptors (Lipinski definition) is 3. The van der Waals surface area contributed by atoms with Crippen LogP contribution in [-0.4, -0.2) is 43.1 Å². The maximum Gasteiger partial charge on any atom is 0.314 e. The Morgan fingerprint density at radius 2 is 0.733 bits per heavy atom. The Kier molecular flexibility index (Phi) is 27.0. The highest BCUT2D eigenvalue weighted by molar-refractivity contribution is 7.98. The first kappa shape index (κ1) is 30.0. The Balaban J connectivity index is 3.14. The van der Waals surface area contributed by atoms with Gasteiger partial charge in [0.15, 0.2) is 0 Å². The van der Waals surface area contributed by atoms with Gasteiger partial charge in [-0.15, -0.1) is 0 Å². The summed E-state index contributed by atoms with van der Waals surface area (Å²) in [5, 5.41) is 6.00. The molecule has 0 radical (unpaired) electrons. The number of rotatable bonds is 24. The normalized spacial score (nSPS) is 11.0. The van der Waals surface area contributed by atoms with E-state index in [1.165, 1.54) is 114 Å². The van der Waals surface area contributed by atoms with E-state index in [0.29, 0.717) is 0 Å². The summed E-state index contributed by atoms with van der Waals surface area (Å²) < 4.78 is 0. The number of urea groups is 1. The monoisotopic (exact) mass is 460 g/mol. The summed E-state index contributed by atoms with van der Waals surface area (Å²) in [6.07, 6.45) is 28.3. The highest BCUT2D eigenvalue weighted by atomic mass is 32.2. The predicted molar refractivity (Wildman–Crippen MR) is 141 cm³/mol. The van der Waals surface area contributed by atoms with Gasteiger partial charge in [-0.05, 0) is 49.7 Å². The van der Waals surface area contributed by atoms with Crippen molar-refractivity contribution in [3.8, 4) is 0 Å². The maximum absolute atomic E-state index is 11.8. The van der Waals surface area contributed by atoms with Gasteiger partial charge in [0, 0.05) is 13.1 Å². The molecular weight excluding hydrogens is 408 g/mol. The number of thioether (sulfide) groups is 2. The van der Waals surface area contributed by atoms with Crippen molar-refractivity contribution in [2.75, 3.05) is 37.1 Å². The fourth-order valence-electron chi connectivity index (χ4n) is 3.68. The Labute approximate surface area is 197 Å². The summed E-state index contributed by atoms with van der Waals surface area (Å²) in [6.45, 7) is 1.63. The van der Waals surface area contributed by atoms with E-state index in [4.69, 9.17) is 0 Å². The van der Waals surface area contributed by atoms with Crippen LogP contribution in [-0.2, 0) is 0 Å². The Morgan fingerprint density at radius 3 is 1.03 bits per heavy atom. The first-order valence-corrected chi connectivity index (χ1v) is 15.6. The third-order valence-corrected chi connectivity index (χ3v) is 7.02. The molecule has 180 valence electrons. The molecule has 0 rings (SSSR count). The van der Waals surface area contributed by atoms with E-state index in [2.05, 4.69) is 23.1 Å². The Hall–Kier alpha value is -0.0300. The van der Waals surface area contributed by atoms with Crippen molar-refractivity contribution >= 4 is 29.6 Å². The standard InChI is InChI=1S/C25H52N2OS2/c1-29-23-19-15-11-7-3-5-9-13-17-21-26-25(28)27-22-18-14-10-6-4-8-12-16-20-24-30-2/h3-24H2,1-2H3,(H2,26,27,28). The molecule has 0 aromatic carbocycles. The van der Waals surface area contributed by atoms with Crippen molar-refractivity contribution in [2.45, 2.75) is 116 Å². The summed E-state index contributed by atoms with van der Waals surface area (Å²) in [5.41, 5.74) is 0. The molecule has 0 fully saturated rings. The minimum atomic E-state index is 0.0190. The van der Waals surface area contributed by atoms with Crippen molar-refractivity contribution in [1.82, 2.24) is 10.6 Å². The fraction of sp³-hybridized carbons (Fsp3) is 0.960. The number of unbranched alkanes of at least 4 members (excludes halogenated alkanes) is 16. The van der Waals surface area contributed by atoms with Gasteiger partial charge < -0.3 is 10.6 Å². The van der Waals surface area contributed by atoms with Crippen molar-refractivity contribution in [3.63, 3.8) is 0 Å². The van der Waals surface area contributed by atoms with Crippen LogP contribution in [0.1, 0.15) is 116 Å². The van der Waals surface area contributed by atoms with Crippen LogP contribution in [0.4, 0.5) is 4.79 Å². The van der Waals surface area contributed by atoms with Crippen LogP contribution in [0, 0.1) is 0 Å². The molecular formula is C25H52N2OS2. The van der Waals surface area contributed by atoms with E-state index >= 15 is 0 Å². The second-order valence-electron chi connectivity index (χ2n) is 8.53. The van der Waals surface area contributed by atoms with E-state index in [0.717, 1.165) is 25.9 Å². The highest BCUT2D eigenvalue weighted by Gasteiger charge is 1.99. The number of carbonyl (C=O) groups excluding carboxylic acids is 1. The van der Waals surface area contributed by atoms with Crippen molar-refractivity contribution in [2.24, 2.45) is 0 Å². The summed E-state index contributed by atoms with van der Waals surface area (Å²) in [6, 6.07) is 0.0190. The largest absolute Gasteiger partial charge is 0.338 e. The van der Waals surface area contributed by atoms with Gasteiger partial charge in [-0.2, -0.15) is 23.5 Å². The molecule has 0 spiro atoms. The Morgan fingerprint density at radius 1 is 0.467 bits per heavy atom. The van der Waals surface area contributed by atoms with Crippen LogP contribution in [0.5, 0.6) is 0 Å². The zero-order valence-corrected chi connectivity index (χ0v) is 21.9. The van der Waals surface area contributed by atoms with Gasteiger partial charge in [-0.1, -0.05) is 89.9 Å². The highest BCUT2D eigenvalue weighted by Crippen LogP contribution is 2.11. The quantitative estimate of drug-likeness (QED) is 0.143. The first-order valence-electron chi connectivity index (χ1n) is 12.8. The van der Waals surface area contributed by atoms with Crippen LogP contribution >= 0.6 is 23.5 Å². The van der Waals surface area contributed by atoms with Gasteiger partial charge in [0.25, 0.3) is 0 Å². The van der Waals surface area contributed by atoms with E-state index in [-0.39, 0.29) is 6.03 Å². The first-order chi connectivity index (χ1) is 14.8. The van der Waals surface area contributed by atoms with E-state index in [1.54, 1.807) is 0 Å². The molecule has 0 saturated heterocycles. The zero-order valence-electron chi connectivity index (χ0n) is 20.3. The molecule has 0 heterocycles. The van der Waals surface area contributed by atoms with Gasteiger partial charge in [0.1, 0.15) is 0 Å². The second-order valence-corrected chi connectivity index (χ2v) is 10.5. The van der Waals surface area contributed by atoms with Gasteiger partial charge >= 0.3 is 6.03 Å². The lowest BCUT2D eigenvalue weighted by Gasteiger charge is -2.08. The molecule has 3 nitrogen and oxygen atoms in total. The average Bonchev–Trinajstić information content (AvgIpc) is 2.75. The number of carbonyl (C=O) groups is 1. The molecule has 0 aliphatic carbocycles. The predicted octanol–water partition coefficient (Wildman–Crippen LogP) is 8.03. The van der Waals surface area contributed by atoms with Crippen LogP contribution in [0.25, 0.3) is 0 Å². The molecule has 0 aliphatic heterocycles. The third-order valence-electron chi connectivity index (χ3n) is 5.62. The van der Waals surface area contributed by atoms with Gasteiger partial charge in [0.05, 0.1) is 0 Å². The Bertz CT molecular complexity index is 313. The molecule has 2 N–H and O–H groups in total. The molecule has 0 atom stereocenters. The van der Waals surface area contributed by atoms with Gasteiger partial charge in [-0.3, -0.25) is 0 Å². The van der Waals surface area contributed by atoms with Crippen LogP contribution in [0.3, 0.4) is 0 Å². The molecule has 0 aromatic rings. The minimum absolute atomic E-state index is 0.0190. The van der Waals surface area contributed by atoms with Crippen LogP contribution in [0.2, 0.25) is 0 Å². The van der Waals surface area contributed by atoms with Crippen LogP contribution < -0.4 is 10.6 Å². The van der Waals surface area contributed by atoms with Gasteiger partial charge in [-0.25, -0.2) is 4.79 Å². The van der Waals surface area contributed by atoms with Crippen molar-refractivity contribution in [3.05, 3.63) is 0 Å². The minimum Gasteiger partial charge on any atom is -0.338 e. The van der Waals surface area contributed by atoms with Gasteiger partial charge in [0.2, 0.25) is 0 Å².